The molecule has 0 aliphatic carbocycles. The standard InChI is InChI=1S/C17H24N2O7/c1-16(2,3)26-15(21)18-17(4,5)10-25-13-8-7-11(14(20)24-6)9-12(13)19(22)23/h7-9H,10H2,1-6H3,(H,18,21). The molecule has 9 nitrogen and oxygen atoms in total. The predicted molar refractivity (Wildman–Crippen MR) is 93.4 cm³/mol. The van der Waals surface area contributed by atoms with Crippen LogP contribution >= 0.6 is 0 Å². The van der Waals surface area contributed by atoms with Crippen molar-refractivity contribution in [2.75, 3.05) is 13.7 Å². The van der Waals surface area contributed by atoms with Gasteiger partial charge in [0, 0.05) is 6.07 Å². The third kappa shape index (κ3) is 6.58. The van der Waals surface area contributed by atoms with Crippen molar-refractivity contribution in [2.24, 2.45) is 0 Å². The molecule has 9 heteroatoms. The van der Waals surface area contributed by atoms with Crippen molar-refractivity contribution in [3.05, 3.63) is 33.9 Å². The summed E-state index contributed by atoms with van der Waals surface area (Å²) < 4.78 is 15.2. The highest BCUT2D eigenvalue weighted by Crippen LogP contribution is 2.29. The molecule has 0 aromatic heterocycles. The summed E-state index contributed by atoms with van der Waals surface area (Å²) in [7, 11) is 1.18. The topological polar surface area (TPSA) is 117 Å². The molecule has 1 aromatic carbocycles. The van der Waals surface area contributed by atoms with E-state index in [1.165, 1.54) is 19.2 Å². The Hall–Kier alpha value is -2.84. The van der Waals surface area contributed by atoms with E-state index in [0.29, 0.717) is 0 Å². The van der Waals surface area contributed by atoms with Crippen molar-refractivity contribution in [1.82, 2.24) is 5.32 Å². The number of amides is 1. The van der Waals surface area contributed by atoms with Crippen molar-refractivity contribution in [2.45, 2.75) is 45.8 Å². The number of alkyl carbamates (subject to hydrolysis) is 1. The Labute approximate surface area is 151 Å². The number of ether oxygens (including phenoxy) is 3. The molecule has 26 heavy (non-hydrogen) atoms. The summed E-state index contributed by atoms with van der Waals surface area (Å²) in [4.78, 5) is 33.9. The van der Waals surface area contributed by atoms with Gasteiger partial charge >= 0.3 is 17.7 Å². The molecule has 0 aliphatic heterocycles. The number of methoxy groups -OCH3 is 1. The first-order valence-electron chi connectivity index (χ1n) is 7.85. The molecule has 1 amide bonds. The monoisotopic (exact) mass is 368 g/mol. The highest BCUT2D eigenvalue weighted by Gasteiger charge is 2.27. The van der Waals surface area contributed by atoms with Crippen LogP contribution < -0.4 is 10.1 Å². The Kier molecular flexibility index (Phi) is 6.55. The summed E-state index contributed by atoms with van der Waals surface area (Å²) in [5, 5.41) is 13.9. The van der Waals surface area contributed by atoms with Gasteiger partial charge in [-0.3, -0.25) is 10.1 Å². The van der Waals surface area contributed by atoms with Gasteiger partial charge in [-0.2, -0.15) is 0 Å². The van der Waals surface area contributed by atoms with E-state index in [1.807, 2.05) is 0 Å². The van der Waals surface area contributed by atoms with E-state index in [2.05, 4.69) is 10.1 Å². The highest BCUT2D eigenvalue weighted by molar-refractivity contribution is 5.90. The summed E-state index contributed by atoms with van der Waals surface area (Å²) in [5.74, 6) is -0.715. The molecule has 0 radical (unpaired) electrons. The number of carbonyl (C=O) groups is 2. The highest BCUT2D eigenvalue weighted by atomic mass is 16.6. The number of esters is 1. The lowest BCUT2D eigenvalue weighted by Crippen LogP contribution is -2.49. The fourth-order valence-corrected chi connectivity index (χ4v) is 1.90. The van der Waals surface area contributed by atoms with Gasteiger partial charge < -0.3 is 19.5 Å². The molecule has 0 aliphatic rings. The lowest BCUT2D eigenvalue weighted by Gasteiger charge is -2.28. The van der Waals surface area contributed by atoms with E-state index in [4.69, 9.17) is 9.47 Å². The molecule has 1 aromatic rings. The van der Waals surface area contributed by atoms with Crippen LogP contribution in [0.5, 0.6) is 5.75 Å². The summed E-state index contributed by atoms with van der Waals surface area (Å²) >= 11 is 0. The molecule has 0 atom stereocenters. The molecular formula is C17H24N2O7. The molecule has 0 saturated heterocycles. The first-order chi connectivity index (χ1) is 11.8. The van der Waals surface area contributed by atoms with Gasteiger partial charge in [0.2, 0.25) is 0 Å². The van der Waals surface area contributed by atoms with Gasteiger partial charge in [-0.05, 0) is 46.8 Å². The Balaban J connectivity index is 2.86. The smallest absolute Gasteiger partial charge is 0.408 e. The number of rotatable bonds is 6. The SMILES string of the molecule is COC(=O)c1ccc(OCC(C)(C)NC(=O)OC(C)(C)C)c([N+](=O)[O-])c1. The molecule has 0 fully saturated rings. The quantitative estimate of drug-likeness (QED) is 0.466. The maximum Gasteiger partial charge on any atom is 0.408 e. The van der Waals surface area contributed by atoms with Gasteiger partial charge in [0.1, 0.15) is 12.2 Å². The van der Waals surface area contributed by atoms with Crippen molar-refractivity contribution in [3.63, 3.8) is 0 Å². The van der Waals surface area contributed by atoms with Crippen LogP contribution in [0, 0.1) is 10.1 Å². The lowest BCUT2D eigenvalue weighted by atomic mass is 10.1. The van der Waals surface area contributed by atoms with Crippen LogP contribution in [0.3, 0.4) is 0 Å². The van der Waals surface area contributed by atoms with E-state index < -0.39 is 28.1 Å². The van der Waals surface area contributed by atoms with Crippen molar-refractivity contribution in [1.29, 1.82) is 0 Å². The number of carbonyl (C=O) groups excluding carboxylic acids is 2. The fraction of sp³-hybridized carbons (Fsp3) is 0.529. The Morgan fingerprint density at radius 1 is 1.19 bits per heavy atom. The first-order valence-corrected chi connectivity index (χ1v) is 7.85. The number of nitro benzene ring substituents is 1. The number of hydrogen-bond acceptors (Lipinski definition) is 7. The van der Waals surface area contributed by atoms with Crippen LogP contribution in [0.15, 0.2) is 18.2 Å². The minimum Gasteiger partial charge on any atom is -0.484 e. The largest absolute Gasteiger partial charge is 0.484 e. The molecular weight excluding hydrogens is 344 g/mol. The van der Waals surface area contributed by atoms with Crippen LogP contribution in [0.2, 0.25) is 0 Å². The third-order valence-electron chi connectivity index (χ3n) is 3.00. The molecule has 0 heterocycles. The lowest BCUT2D eigenvalue weighted by molar-refractivity contribution is -0.385. The van der Waals surface area contributed by atoms with Crippen LogP contribution in [-0.2, 0) is 9.47 Å². The molecule has 1 rings (SSSR count). The maximum atomic E-state index is 11.9. The molecule has 0 saturated carbocycles. The average molecular weight is 368 g/mol. The normalized spacial score (nSPS) is 11.5. The van der Waals surface area contributed by atoms with Gasteiger partial charge in [-0.15, -0.1) is 0 Å². The van der Waals surface area contributed by atoms with Crippen molar-refractivity contribution < 1.29 is 28.7 Å². The third-order valence-corrected chi connectivity index (χ3v) is 3.00. The number of nitro groups is 1. The van der Waals surface area contributed by atoms with Gasteiger partial charge in [0.05, 0.1) is 23.1 Å². The molecule has 1 N–H and O–H groups in total. The Morgan fingerprint density at radius 2 is 1.81 bits per heavy atom. The second-order valence-electron chi connectivity index (χ2n) is 7.23. The summed E-state index contributed by atoms with van der Waals surface area (Å²) in [5.41, 5.74) is -1.83. The second-order valence-corrected chi connectivity index (χ2v) is 7.23. The second kappa shape index (κ2) is 8.03. The Bertz CT molecular complexity index is 693. The van der Waals surface area contributed by atoms with Crippen molar-refractivity contribution in [3.8, 4) is 5.75 Å². The molecule has 144 valence electrons. The van der Waals surface area contributed by atoms with Gasteiger partial charge in [-0.25, -0.2) is 9.59 Å². The van der Waals surface area contributed by atoms with Crippen LogP contribution in [0.4, 0.5) is 10.5 Å². The summed E-state index contributed by atoms with van der Waals surface area (Å²) in [6.45, 7) is 8.54. The fourth-order valence-electron chi connectivity index (χ4n) is 1.90. The Morgan fingerprint density at radius 3 is 2.31 bits per heavy atom. The molecule has 0 bridgehead atoms. The van der Waals surface area contributed by atoms with Crippen LogP contribution in [-0.4, -0.2) is 41.8 Å². The number of hydrogen-bond donors (Lipinski definition) is 1. The minimum absolute atomic E-state index is 0.0262. The van der Waals surface area contributed by atoms with E-state index in [-0.39, 0.29) is 23.6 Å². The zero-order valence-corrected chi connectivity index (χ0v) is 15.7. The zero-order chi connectivity index (χ0) is 20.1. The predicted octanol–water partition coefficient (Wildman–Crippen LogP) is 3.06. The number of benzene rings is 1. The zero-order valence-electron chi connectivity index (χ0n) is 15.7. The van der Waals surface area contributed by atoms with Crippen LogP contribution in [0.1, 0.15) is 45.0 Å². The van der Waals surface area contributed by atoms with Crippen LogP contribution in [0.25, 0.3) is 0 Å². The maximum absolute atomic E-state index is 11.9. The average Bonchev–Trinajstić information content (AvgIpc) is 2.49. The van der Waals surface area contributed by atoms with E-state index >= 15 is 0 Å². The van der Waals surface area contributed by atoms with E-state index in [0.717, 1.165) is 6.07 Å². The summed E-state index contributed by atoms with van der Waals surface area (Å²) in [6, 6.07) is 3.76. The van der Waals surface area contributed by atoms with Gasteiger partial charge in [0.15, 0.2) is 5.75 Å². The summed E-state index contributed by atoms with van der Waals surface area (Å²) in [6.07, 6.45) is -0.623. The van der Waals surface area contributed by atoms with Gasteiger partial charge in [-0.1, -0.05) is 0 Å². The van der Waals surface area contributed by atoms with E-state index in [9.17, 15) is 19.7 Å². The van der Waals surface area contributed by atoms with E-state index in [1.54, 1.807) is 34.6 Å². The minimum atomic E-state index is -0.850. The van der Waals surface area contributed by atoms with Crippen molar-refractivity contribution >= 4 is 17.7 Å². The number of nitrogens with zero attached hydrogens (tertiary/aromatic N) is 1. The molecule has 0 spiro atoms. The number of nitrogens with one attached hydrogen (secondary N) is 1. The van der Waals surface area contributed by atoms with Gasteiger partial charge in [0.25, 0.3) is 0 Å². The first kappa shape index (κ1) is 21.2. The molecule has 0 unspecified atom stereocenters.